The molecule has 0 rings (SSSR count). The van der Waals surface area contributed by atoms with E-state index in [2.05, 4.69) is 27.9 Å². The molecule has 0 aliphatic rings. The van der Waals surface area contributed by atoms with Crippen LogP contribution < -0.4 is 5.32 Å². The largest absolute Gasteiger partial charge is 0.459 e. The minimum atomic E-state index is -1.29. The van der Waals surface area contributed by atoms with Crippen molar-refractivity contribution < 1.29 is 66.8 Å². The van der Waals surface area contributed by atoms with Gasteiger partial charge in [0.05, 0.1) is 6.10 Å². The first-order valence-corrected chi connectivity index (χ1v) is 12.9. The van der Waals surface area contributed by atoms with Crippen molar-refractivity contribution in [1.82, 2.24) is 5.32 Å². The Labute approximate surface area is 242 Å². The summed E-state index contributed by atoms with van der Waals surface area (Å²) in [6.07, 6.45) is -1.27. The second-order valence-corrected chi connectivity index (χ2v) is 8.90. The van der Waals surface area contributed by atoms with Gasteiger partial charge in [0.15, 0.2) is 0 Å². The molecule has 0 spiro atoms. The Morgan fingerprint density at radius 2 is 0.976 bits per heavy atom. The van der Waals surface area contributed by atoms with Gasteiger partial charge in [0, 0.05) is 30.5 Å². The molecule has 0 aromatic heterocycles. The van der Waals surface area contributed by atoms with E-state index in [9.17, 15) is 38.4 Å². The summed E-state index contributed by atoms with van der Waals surface area (Å²) in [5, 5.41) is 2.37. The quantitative estimate of drug-likeness (QED) is 0.0746. The molecule has 0 radical (unpaired) electrons. The fraction of sp³-hybridized carbons (Fsp3) is 0.556. The van der Waals surface area contributed by atoms with E-state index in [-0.39, 0.29) is 69.8 Å². The van der Waals surface area contributed by atoms with Crippen molar-refractivity contribution in [2.24, 2.45) is 0 Å². The Kier molecular flexibility index (Phi) is 18.1. The van der Waals surface area contributed by atoms with Crippen LogP contribution in [-0.2, 0) is 66.8 Å². The fourth-order valence-electron chi connectivity index (χ4n) is 2.63. The SMILES string of the molecule is C=C(C)C(=O)OCCOC(=O)C(=O)OC(C)CCCC(=O)C(=O)NCCC(C)OC(=O)C(=O)OCCOC(=O)C(=C)C. The van der Waals surface area contributed by atoms with Gasteiger partial charge in [-0.3, -0.25) is 9.59 Å². The highest BCUT2D eigenvalue weighted by Gasteiger charge is 2.22. The summed E-state index contributed by atoms with van der Waals surface area (Å²) in [4.78, 5) is 93.1. The topological polar surface area (TPSA) is 204 Å². The minimum absolute atomic E-state index is 0.0343. The predicted molar refractivity (Wildman–Crippen MR) is 141 cm³/mol. The van der Waals surface area contributed by atoms with Gasteiger partial charge in [-0.2, -0.15) is 0 Å². The molecule has 15 heteroatoms. The lowest BCUT2D eigenvalue weighted by molar-refractivity contribution is -0.171. The van der Waals surface area contributed by atoms with Crippen LogP contribution in [0.1, 0.15) is 53.4 Å². The molecule has 0 aliphatic heterocycles. The van der Waals surface area contributed by atoms with Crippen molar-refractivity contribution in [1.29, 1.82) is 0 Å². The lowest BCUT2D eigenvalue weighted by Crippen LogP contribution is -2.34. The number of amides is 1. The van der Waals surface area contributed by atoms with Crippen molar-refractivity contribution in [3.8, 4) is 0 Å². The van der Waals surface area contributed by atoms with E-state index in [0.717, 1.165) is 0 Å². The van der Waals surface area contributed by atoms with Gasteiger partial charge in [0.25, 0.3) is 5.91 Å². The average Bonchev–Trinajstić information content (AvgIpc) is 2.92. The Bertz CT molecular complexity index is 965. The van der Waals surface area contributed by atoms with E-state index >= 15 is 0 Å². The molecular formula is C27H37NO14. The Hall–Kier alpha value is -4.56. The molecule has 2 atom stereocenters. The third-order valence-corrected chi connectivity index (χ3v) is 4.85. The van der Waals surface area contributed by atoms with Crippen LogP contribution in [0.15, 0.2) is 24.3 Å². The number of nitrogens with one attached hydrogen (secondary N) is 1. The summed E-state index contributed by atoms with van der Waals surface area (Å²) >= 11 is 0. The lowest BCUT2D eigenvalue weighted by Gasteiger charge is -2.13. The maximum atomic E-state index is 12.0. The van der Waals surface area contributed by atoms with Crippen LogP contribution in [0.2, 0.25) is 0 Å². The second-order valence-electron chi connectivity index (χ2n) is 8.90. The molecule has 15 nitrogen and oxygen atoms in total. The van der Waals surface area contributed by atoms with Gasteiger partial charge in [-0.05, 0) is 40.5 Å². The molecule has 234 valence electrons. The monoisotopic (exact) mass is 599 g/mol. The highest BCUT2D eigenvalue weighted by atomic mass is 16.6. The van der Waals surface area contributed by atoms with E-state index in [1.54, 1.807) is 0 Å². The average molecular weight is 600 g/mol. The minimum Gasteiger partial charge on any atom is -0.459 e. The van der Waals surface area contributed by atoms with E-state index in [1.807, 2.05) is 0 Å². The van der Waals surface area contributed by atoms with Crippen molar-refractivity contribution in [3.63, 3.8) is 0 Å². The van der Waals surface area contributed by atoms with Crippen molar-refractivity contribution in [3.05, 3.63) is 24.3 Å². The van der Waals surface area contributed by atoms with Gasteiger partial charge < -0.3 is 33.7 Å². The maximum Gasteiger partial charge on any atom is 0.417 e. The van der Waals surface area contributed by atoms with Crippen molar-refractivity contribution in [2.45, 2.75) is 65.6 Å². The molecule has 0 aliphatic carbocycles. The standard InChI is InChI=1S/C27H37NO14/c1-16(2)22(31)37-12-14-39-24(33)26(35)41-18(5)8-7-9-20(29)21(30)28-11-10-19(6)42-27(36)25(34)40-15-13-38-23(32)17(3)4/h18-19H,1,3,7-15H2,2,4-6H3,(H,28,30). The van der Waals surface area contributed by atoms with Crippen LogP contribution in [0.25, 0.3) is 0 Å². The second kappa shape index (κ2) is 20.3. The van der Waals surface area contributed by atoms with Crippen molar-refractivity contribution >= 4 is 47.5 Å². The third-order valence-electron chi connectivity index (χ3n) is 4.85. The van der Waals surface area contributed by atoms with Gasteiger partial charge >= 0.3 is 35.8 Å². The van der Waals surface area contributed by atoms with Crippen LogP contribution in [-0.4, -0.2) is 92.7 Å². The number of ether oxygens (including phenoxy) is 6. The van der Waals surface area contributed by atoms with E-state index < -0.39 is 59.7 Å². The molecule has 2 unspecified atom stereocenters. The van der Waals surface area contributed by atoms with Crippen molar-refractivity contribution in [2.75, 3.05) is 33.0 Å². The zero-order chi connectivity index (χ0) is 32.2. The van der Waals surface area contributed by atoms with Crippen LogP contribution in [0.3, 0.4) is 0 Å². The molecule has 0 saturated heterocycles. The van der Waals surface area contributed by atoms with Gasteiger partial charge in [0.2, 0.25) is 5.78 Å². The number of carbonyl (C=O) groups excluding carboxylic acids is 8. The first kappa shape index (κ1) is 37.4. The van der Waals surface area contributed by atoms with Gasteiger partial charge in [-0.1, -0.05) is 13.2 Å². The number of hydrogen-bond donors (Lipinski definition) is 1. The van der Waals surface area contributed by atoms with Crippen LogP contribution in [0, 0.1) is 0 Å². The number of rotatable bonds is 18. The van der Waals surface area contributed by atoms with Crippen LogP contribution >= 0.6 is 0 Å². The number of hydrogen-bond acceptors (Lipinski definition) is 14. The number of Topliss-reactive ketones (excluding diaryl/α,β-unsaturated/α-hetero) is 1. The fourth-order valence-corrected chi connectivity index (χ4v) is 2.63. The summed E-state index contributed by atoms with van der Waals surface area (Å²) in [5.74, 6) is -8.05. The first-order valence-electron chi connectivity index (χ1n) is 12.9. The molecule has 0 fully saturated rings. The summed E-state index contributed by atoms with van der Waals surface area (Å²) in [5.41, 5.74) is 0.329. The summed E-state index contributed by atoms with van der Waals surface area (Å²) in [7, 11) is 0. The Morgan fingerprint density at radius 1 is 0.595 bits per heavy atom. The zero-order valence-corrected chi connectivity index (χ0v) is 24.1. The van der Waals surface area contributed by atoms with Gasteiger partial charge in [-0.15, -0.1) is 0 Å². The molecule has 1 N–H and O–H groups in total. The maximum absolute atomic E-state index is 12.0. The molecule has 0 saturated carbocycles. The molecule has 0 aromatic rings. The van der Waals surface area contributed by atoms with Crippen LogP contribution in [0.4, 0.5) is 0 Å². The molecule has 0 aromatic carbocycles. The Balaban J connectivity index is 4.11. The summed E-state index contributed by atoms with van der Waals surface area (Å²) < 4.78 is 28.5. The van der Waals surface area contributed by atoms with E-state index in [1.165, 1.54) is 27.7 Å². The van der Waals surface area contributed by atoms with E-state index in [0.29, 0.717) is 0 Å². The molecule has 42 heavy (non-hydrogen) atoms. The predicted octanol–water partition coefficient (Wildman–Crippen LogP) is 0.421. The van der Waals surface area contributed by atoms with Gasteiger partial charge in [0.1, 0.15) is 32.5 Å². The number of ketones is 1. The smallest absolute Gasteiger partial charge is 0.417 e. The van der Waals surface area contributed by atoms with Gasteiger partial charge in [-0.25, -0.2) is 28.8 Å². The Morgan fingerprint density at radius 3 is 1.38 bits per heavy atom. The molecular weight excluding hydrogens is 562 g/mol. The molecule has 1 amide bonds. The highest BCUT2D eigenvalue weighted by Crippen LogP contribution is 2.06. The molecule has 0 bridgehead atoms. The highest BCUT2D eigenvalue weighted by molar-refractivity contribution is 6.36. The normalized spacial score (nSPS) is 11.5. The number of esters is 6. The summed E-state index contributed by atoms with van der Waals surface area (Å²) in [6, 6.07) is 0. The number of carbonyl (C=O) groups is 8. The third kappa shape index (κ3) is 17.2. The van der Waals surface area contributed by atoms with Crippen LogP contribution in [0.5, 0.6) is 0 Å². The lowest BCUT2D eigenvalue weighted by atomic mass is 10.1. The molecule has 0 heterocycles. The first-order chi connectivity index (χ1) is 19.6. The van der Waals surface area contributed by atoms with E-state index in [4.69, 9.17) is 18.9 Å². The zero-order valence-electron chi connectivity index (χ0n) is 24.1. The summed E-state index contributed by atoms with van der Waals surface area (Å²) in [6.45, 7) is 11.3.